The molecule has 0 saturated carbocycles. The molecule has 0 fully saturated rings. The van der Waals surface area contributed by atoms with Gasteiger partial charge in [-0.2, -0.15) is 13.2 Å². The molecule has 1 heterocycles. The van der Waals surface area contributed by atoms with Crippen LogP contribution in [0.5, 0.6) is 0 Å². The fourth-order valence-corrected chi connectivity index (χ4v) is 1.03. The van der Waals surface area contributed by atoms with Gasteiger partial charge in [0.05, 0.1) is 17.8 Å². The van der Waals surface area contributed by atoms with Gasteiger partial charge in [-0.25, -0.2) is 0 Å². The Morgan fingerprint density at radius 3 is 2.00 bits per heavy atom. The van der Waals surface area contributed by atoms with Crippen LogP contribution in [-0.4, -0.2) is 13.2 Å². The number of alkyl halides is 3. The maximum atomic E-state index is 12.1. The number of furan rings is 1. The summed E-state index contributed by atoms with van der Waals surface area (Å²) >= 11 is 0. The van der Waals surface area contributed by atoms with E-state index in [-0.39, 0.29) is 51.4 Å². The molecule has 1 aromatic heterocycles. The van der Waals surface area contributed by atoms with E-state index in [0.29, 0.717) is 6.07 Å². The first-order valence-corrected chi connectivity index (χ1v) is 3.53. The molecule has 1 atom stereocenters. The first-order valence-electron chi connectivity index (χ1n) is 3.53. The molecule has 0 radical (unpaired) electrons. The number of rotatable bonds is 2. The van der Waals surface area contributed by atoms with Crippen LogP contribution in [0.15, 0.2) is 22.8 Å². The number of halogens is 6. The van der Waals surface area contributed by atoms with Crippen molar-refractivity contribution in [3.05, 3.63) is 24.2 Å². The van der Waals surface area contributed by atoms with Crippen molar-refractivity contribution < 1.29 is 81.9 Å². The second-order valence-electron chi connectivity index (χ2n) is 2.66. The van der Waals surface area contributed by atoms with Crippen molar-refractivity contribution >= 4 is 6.98 Å². The van der Waals surface area contributed by atoms with Crippen LogP contribution in [0.4, 0.5) is 26.1 Å². The van der Waals surface area contributed by atoms with Crippen LogP contribution in [0.1, 0.15) is 11.6 Å². The molecule has 1 rings (SSSR count). The van der Waals surface area contributed by atoms with E-state index in [4.69, 9.17) is 0 Å². The van der Waals surface area contributed by atoms with E-state index in [1.165, 1.54) is 0 Å². The smallest absolute Gasteiger partial charge is 0.472 e. The number of hydrogen-bond donors (Lipinski definition) is 0. The van der Waals surface area contributed by atoms with Gasteiger partial charge in [0, 0.05) is 0 Å². The summed E-state index contributed by atoms with van der Waals surface area (Å²) in [5.74, 6) is -4.61. The maximum absolute atomic E-state index is 12.1. The van der Waals surface area contributed by atoms with Gasteiger partial charge in [-0.05, 0) is 12.1 Å². The van der Waals surface area contributed by atoms with Gasteiger partial charge >= 0.3 is 64.5 Å². The molecule has 0 saturated heterocycles. The molecule has 0 aromatic carbocycles. The monoisotopic (exact) mass is 256 g/mol. The van der Waals surface area contributed by atoms with Gasteiger partial charge in [-0.1, -0.05) is 0 Å². The van der Waals surface area contributed by atoms with E-state index in [1.807, 2.05) is 0 Å². The van der Waals surface area contributed by atoms with E-state index in [2.05, 4.69) is 4.42 Å². The molecule has 1 aromatic rings. The molecule has 0 amide bonds. The minimum absolute atomic E-state index is 0. The molecule has 0 aliphatic heterocycles. The van der Waals surface area contributed by atoms with Crippen LogP contribution in [0.2, 0.25) is 0 Å². The second-order valence-corrected chi connectivity index (χ2v) is 2.66. The normalized spacial score (nSPS) is 14.5. The topological polar surface area (TPSA) is 13.1 Å². The summed E-state index contributed by atoms with van der Waals surface area (Å²) in [6.07, 6.45) is -4.59. The standard InChI is InChI=1S/C6H4BF6O.K/c8-6(9,10)5(7(11,12)13)4-2-1-3-14-4;/h1-3,5H;/q-1;+1. The van der Waals surface area contributed by atoms with E-state index in [1.54, 1.807) is 0 Å². The van der Waals surface area contributed by atoms with Crippen molar-refractivity contribution in [2.24, 2.45) is 0 Å². The van der Waals surface area contributed by atoms with Crippen molar-refractivity contribution in [3.63, 3.8) is 0 Å². The van der Waals surface area contributed by atoms with E-state index in [0.717, 1.165) is 12.3 Å². The third-order valence-electron chi connectivity index (χ3n) is 1.58. The molecule has 1 unspecified atom stereocenters. The van der Waals surface area contributed by atoms with Gasteiger partial charge in [0.15, 0.2) is 0 Å². The third-order valence-corrected chi connectivity index (χ3v) is 1.58. The van der Waals surface area contributed by atoms with Crippen molar-refractivity contribution in [1.29, 1.82) is 0 Å². The van der Waals surface area contributed by atoms with Crippen LogP contribution in [-0.2, 0) is 0 Å². The molecule has 9 heteroatoms. The minimum Gasteiger partial charge on any atom is -0.472 e. The van der Waals surface area contributed by atoms with Gasteiger partial charge < -0.3 is 17.4 Å². The zero-order valence-electron chi connectivity index (χ0n) is 7.56. The molecular weight excluding hydrogens is 252 g/mol. The molecule has 80 valence electrons. The van der Waals surface area contributed by atoms with E-state index >= 15 is 0 Å². The van der Waals surface area contributed by atoms with Crippen molar-refractivity contribution in [2.75, 3.05) is 0 Å². The van der Waals surface area contributed by atoms with Crippen LogP contribution < -0.4 is 51.4 Å². The first-order chi connectivity index (χ1) is 6.23. The van der Waals surface area contributed by atoms with Crippen molar-refractivity contribution in [2.45, 2.75) is 12.0 Å². The Labute approximate surface area is 124 Å². The maximum Gasteiger partial charge on any atom is 1.00 e. The van der Waals surface area contributed by atoms with E-state index < -0.39 is 24.7 Å². The molecule has 0 bridgehead atoms. The fraction of sp³-hybridized carbons (Fsp3) is 0.333. The zero-order chi connectivity index (χ0) is 11.0. The van der Waals surface area contributed by atoms with Gasteiger partial charge in [0.2, 0.25) is 0 Å². The molecular formula is C6H4BF6KO. The third kappa shape index (κ3) is 4.14. The second kappa shape index (κ2) is 5.26. The summed E-state index contributed by atoms with van der Waals surface area (Å²) < 4.78 is 76.4. The Bertz CT molecular complexity index is 278. The van der Waals surface area contributed by atoms with Crippen LogP contribution in [0, 0.1) is 0 Å². The summed E-state index contributed by atoms with van der Waals surface area (Å²) in [5.41, 5.74) is 0. The Kier molecular flexibility index (Phi) is 5.46. The first kappa shape index (κ1) is 15.6. The molecule has 1 nitrogen and oxygen atoms in total. The summed E-state index contributed by atoms with van der Waals surface area (Å²) in [6, 6.07) is 1.64. The summed E-state index contributed by atoms with van der Waals surface area (Å²) in [4.78, 5) is 0. The van der Waals surface area contributed by atoms with Gasteiger partial charge in [0.1, 0.15) is 0 Å². The van der Waals surface area contributed by atoms with Crippen LogP contribution >= 0.6 is 0 Å². The van der Waals surface area contributed by atoms with Gasteiger partial charge in [-0.3, -0.25) is 0 Å². The summed E-state index contributed by atoms with van der Waals surface area (Å²) in [7, 11) is 0. The van der Waals surface area contributed by atoms with Gasteiger partial charge in [-0.15, -0.1) is 0 Å². The van der Waals surface area contributed by atoms with Crippen molar-refractivity contribution in [1.82, 2.24) is 0 Å². The number of hydrogen-bond acceptors (Lipinski definition) is 1. The Morgan fingerprint density at radius 2 is 1.73 bits per heavy atom. The predicted molar refractivity (Wildman–Crippen MR) is 36.6 cm³/mol. The van der Waals surface area contributed by atoms with Crippen LogP contribution in [0.25, 0.3) is 0 Å². The van der Waals surface area contributed by atoms with Crippen LogP contribution in [0.3, 0.4) is 0 Å². The Hall–Kier alpha value is 0.561. The average Bonchev–Trinajstić information content (AvgIpc) is 2.31. The average molecular weight is 256 g/mol. The molecule has 0 aliphatic carbocycles. The minimum atomic E-state index is -6.05. The Balaban J connectivity index is 0.00000196. The molecule has 15 heavy (non-hydrogen) atoms. The van der Waals surface area contributed by atoms with Crippen molar-refractivity contribution in [3.8, 4) is 0 Å². The molecule has 0 spiro atoms. The summed E-state index contributed by atoms with van der Waals surface area (Å²) in [5, 5.41) is 0. The van der Waals surface area contributed by atoms with E-state index in [9.17, 15) is 26.1 Å². The molecule has 0 aliphatic rings. The molecule has 0 N–H and O–H groups in total. The predicted octanol–water partition coefficient (Wildman–Crippen LogP) is 0.316. The zero-order valence-corrected chi connectivity index (χ0v) is 10.7. The van der Waals surface area contributed by atoms with Gasteiger partial charge in [0.25, 0.3) is 0 Å². The SMILES string of the molecule is F[B-](F)(F)C(c1ccco1)C(F)(F)F.[K+]. The largest absolute Gasteiger partial charge is 1.00 e. The fourth-order valence-electron chi connectivity index (χ4n) is 1.03. The quantitative estimate of drug-likeness (QED) is 0.548. The summed E-state index contributed by atoms with van der Waals surface area (Å²) in [6.45, 7) is -6.05. The Morgan fingerprint density at radius 1 is 1.20 bits per heavy atom.